The highest BCUT2D eigenvalue weighted by molar-refractivity contribution is 7.98. The number of benzene rings is 1. The van der Waals surface area contributed by atoms with Crippen LogP contribution >= 0.6 is 23.4 Å². The Kier molecular flexibility index (Phi) is 7.45. The van der Waals surface area contributed by atoms with Crippen LogP contribution in [0.5, 0.6) is 0 Å². The molecular weight excluding hydrogens is 420 g/mol. The second-order valence-electron chi connectivity index (χ2n) is 6.49. The Morgan fingerprint density at radius 1 is 1.21 bits per heavy atom. The Balaban J connectivity index is 1.59. The van der Waals surface area contributed by atoms with E-state index in [9.17, 15) is 13.2 Å². The molecule has 0 spiro atoms. The molecule has 1 aliphatic rings. The minimum absolute atomic E-state index is 0.108. The van der Waals surface area contributed by atoms with Crippen molar-refractivity contribution < 1.29 is 17.6 Å². The van der Waals surface area contributed by atoms with E-state index in [1.807, 2.05) is 12.1 Å². The summed E-state index contributed by atoms with van der Waals surface area (Å²) in [5.74, 6) is 1.94. The number of rotatable bonds is 8. The van der Waals surface area contributed by atoms with Gasteiger partial charge in [0.05, 0.1) is 27.5 Å². The summed E-state index contributed by atoms with van der Waals surface area (Å²) in [6, 6.07) is 8.04. The second-order valence-corrected chi connectivity index (χ2v) is 9.94. The van der Waals surface area contributed by atoms with Crippen LogP contribution in [-0.2, 0) is 15.8 Å². The predicted molar refractivity (Wildman–Crippen MR) is 111 cm³/mol. The van der Waals surface area contributed by atoms with Gasteiger partial charge in [-0.3, -0.25) is 4.79 Å². The largest absolute Gasteiger partial charge is 0.468 e. The van der Waals surface area contributed by atoms with Crippen LogP contribution in [0.4, 0.5) is 0 Å². The van der Waals surface area contributed by atoms with Crippen LogP contribution in [0.25, 0.3) is 0 Å². The Morgan fingerprint density at radius 2 is 2.00 bits per heavy atom. The summed E-state index contributed by atoms with van der Waals surface area (Å²) in [5, 5.41) is 3.03. The molecule has 1 amide bonds. The van der Waals surface area contributed by atoms with E-state index in [0.717, 1.165) is 30.8 Å². The van der Waals surface area contributed by atoms with E-state index in [1.54, 1.807) is 18.0 Å². The lowest BCUT2D eigenvalue weighted by atomic mass is 10.2. The molecule has 3 rings (SSSR count). The second kappa shape index (κ2) is 9.82. The molecule has 0 aliphatic carbocycles. The molecule has 1 aromatic carbocycles. The van der Waals surface area contributed by atoms with Gasteiger partial charge < -0.3 is 9.73 Å². The van der Waals surface area contributed by atoms with Crippen molar-refractivity contribution in [3.05, 3.63) is 52.9 Å². The summed E-state index contributed by atoms with van der Waals surface area (Å²) in [6.45, 7) is 1.47. The standard InChI is InChI=1S/C19H23ClN2O4S2/c20-18-7-6-16(28(24,25)22-9-2-1-3-10-22)13-17(18)19(23)21-8-12-27-14-15-5-4-11-26-15/h4-7,11,13H,1-3,8-10,12,14H2,(H,21,23). The van der Waals surface area contributed by atoms with Crippen molar-refractivity contribution in [3.8, 4) is 0 Å². The number of piperidine rings is 1. The lowest BCUT2D eigenvalue weighted by molar-refractivity contribution is 0.0956. The maximum absolute atomic E-state index is 12.8. The Morgan fingerprint density at radius 3 is 2.71 bits per heavy atom. The van der Waals surface area contributed by atoms with E-state index >= 15 is 0 Å². The highest BCUT2D eigenvalue weighted by Gasteiger charge is 2.27. The van der Waals surface area contributed by atoms with Gasteiger partial charge in [-0.15, -0.1) is 0 Å². The maximum Gasteiger partial charge on any atom is 0.252 e. The number of furan rings is 1. The van der Waals surface area contributed by atoms with Crippen LogP contribution in [0.2, 0.25) is 5.02 Å². The van der Waals surface area contributed by atoms with Gasteiger partial charge in [0.2, 0.25) is 10.0 Å². The van der Waals surface area contributed by atoms with Crippen molar-refractivity contribution in [2.24, 2.45) is 0 Å². The Labute approximate surface area is 174 Å². The van der Waals surface area contributed by atoms with Crippen molar-refractivity contribution in [1.82, 2.24) is 9.62 Å². The molecule has 6 nitrogen and oxygen atoms in total. The van der Waals surface area contributed by atoms with Crippen LogP contribution in [0.15, 0.2) is 45.9 Å². The fourth-order valence-corrected chi connectivity index (χ4v) is 5.50. The smallest absolute Gasteiger partial charge is 0.252 e. The third-order valence-corrected chi connectivity index (χ3v) is 7.70. The molecule has 1 fully saturated rings. The van der Waals surface area contributed by atoms with Crippen molar-refractivity contribution in [2.45, 2.75) is 29.9 Å². The zero-order valence-electron chi connectivity index (χ0n) is 15.4. The van der Waals surface area contributed by atoms with Crippen LogP contribution in [-0.4, -0.2) is 44.0 Å². The van der Waals surface area contributed by atoms with Gasteiger partial charge in [0.1, 0.15) is 5.76 Å². The number of hydrogen-bond donors (Lipinski definition) is 1. The average molecular weight is 443 g/mol. The van der Waals surface area contributed by atoms with Crippen LogP contribution in [0.1, 0.15) is 35.4 Å². The molecule has 0 radical (unpaired) electrons. The van der Waals surface area contributed by atoms with Crippen LogP contribution < -0.4 is 5.32 Å². The molecule has 1 N–H and O–H groups in total. The highest BCUT2D eigenvalue weighted by atomic mass is 35.5. The van der Waals surface area contributed by atoms with Gasteiger partial charge in [-0.1, -0.05) is 18.0 Å². The molecule has 2 aromatic rings. The number of halogens is 1. The van der Waals surface area contributed by atoms with E-state index in [-0.39, 0.29) is 21.4 Å². The minimum Gasteiger partial charge on any atom is -0.468 e. The zero-order chi connectivity index (χ0) is 20.0. The lowest BCUT2D eigenvalue weighted by Crippen LogP contribution is -2.35. The van der Waals surface area contributed by atoms with Gasteiger partial charge >= 0.3 is 0 Å². The fraction of sp³-hybridized carbons (Fsp3) is 0.421. The van der Waals surface area contributed by atoms with Gasteiger partial charge in [-0.2, -0.15) is 16.1 Å². The first-order valence-corrected chi connectivity index (χ1v) is 12.1. The molecular formula is C19H23ClN2O4S2. The molecule has 0 atom stereocenters. The van der Waals surface area contributed by atoms with Gasteiger partial charge in [0.25, 0.3) is 5.91 Å². The first-order chi connectivity index (χ1) is 13.5. The molecule has 0 bridgehead atoms. The van der Waals surface area contributed by atoms with Crippen molar-refractivity contribution in [2.75, 3.05) is 25.4 Å². The van der Waals surface area contributed by atoms with Gasteiger partial charge in [-0.25, -0.2) is 8.42 Å². The molecule has 1 aromatic heterocycles. The molecule has 0 unspecified atom stereocenters. The number of thioether (sulfide) groups is 1. The molecule has 0 saturated carbocycles. The first-order valence-electron chi connectivity index (χ1n) is 9.16. The van der Waals surface area contributed by atoms with E-state index in [0.29, 0.717) is 25.4 Å². The van der Waals surface area contributed by atoms with E-state index < -0.39 is 10.0 Å². The SMILES string of the molecule is O=C(NCCSCc1ccco1)c1cc(S(=O)(=O)N2CCCCC2)ccc1Cl. The quantitative estimate of drug-likeness (QED) is 0.629. The van der Waals surface area contributed by atoms with Gasteiger partial charge in [0, 0.05) is 25.4 Å². The summed E-state index contributed by atoms with van der Waals surface area (Å²) in [4.78, 5) is 12.6. The van der Waals surface area contributed by atoms with E-state index in [4.69, 9.17) is 16.0 Å². The molecule has 28 heavy (non-hydrogen) atoms. The average Bonchev–Trinajstić information content (AvgIpc) is 3.22. The fourth-order valence-electron chi connectivity index (χ4n) is 2.99. The summed E-state index contributed by atoms with van der Waals surface area (Å²) < 4.78 is 32.4. The summed E-state index contributed by atoms with van der Waals surface area (Å²) >= 11 is 7.78. The van der Waals surface area contributed by atoms with Gasteiger partial charge in [-0.05, 0) is 43.2 Å². The molecule has 1 aliphatic heterocycles. The molecule has 2 heterocycles. The highest BCUT2D eigenvalue weighted by Crippen LogP contribution is 2.25. The summed E-state index contributed by atoms with van der Waals surface area (Å²) in [5.41, 5.74) is 0.177. The number of carbonyl (C=O) groups is 1. The zero-order valence-corrected chi connectivity index (χ0v) is 17.8. The normalized spacial score (nSPS) is 15.5. The summed E-state index contributed by atoms with van der Waals surface area (Å²) in [7, 11) is -3.61. The lowest BCUT2D eigenvalue weighted by Gasteiger charge is -2.26. The molecule has 9 heteroatoms. The number of sulfonamides is 1. The maximum atomic E-state index is 12.8. The number of carbonyl (C=O) groups excluding carboxylic acids is 1. The minimum atomic E-state index is -3.61. The molecule has 152 valence electrons. The number of nitrogens with one attached hydrogen (secondary N) is 1. The Hall–Kier alpha value is -1.48. The van der Waals surface area contributed by atoms with E-state index in [1.165, 1.54) is 22.5 Å². The van der Waals surface area contributed by atoms with Crippen molar-refractivity contribution in [3.63, 3.8) is 0 Å². The first kappa shape index (κ1) is 21.2. The monoisotopic (exact) mass is 442 g/mol. The van der Waals surface area contributed by atoms with Crippen molar-refractivity contribution in [1.29, 1.82) is 0 Å². The number of hydrogen-bond acceptors (Lipinski definition) is 5. The topological polar surface area (TPSA) is 79.6 Å². The van der Waals surface area contributed by atoms with Gasteiger partial charge in [0.15, 0.2) is 0 Å². The Bertz CT molecular complexity index is 895. The van der Waals surface area contributed by atoms with Crippen LogP contribution in [0, 0.1) is 0 Å². The number of amides is 1. The summed E-state index contributed by atoms with van der Waals surface area (Å²) in [6.07, 6.45) is 4.38. The van der Waals surface area contributed by atoms with Crippen molar-refractivity contribution >= 4 is 39.3 Å². The third-order valence-electron chi connectivity index (χ3n) is 4.49. The van der Waals surface area contributed by atoms with E-state index in [2.05, 4.69) is 5.32 Å². The third kappa shape index (κ3) is 5.31. The predicted octanol–water partition coefficient (Wildman–Crippen LogP) is 3.77. The molecule has 1 saturated heterocycles. The number of nitrogens with zero attached hydrogens (tertiary/aromatic N) is 1. The van der Waals surface area contributed by atoms with Crippen LogP contribution in [0.3, 0.4) is 0 Å².